The zero-order chi connectivity index (χ0) is 8.10. The molecule has 0 aromatic carbocycles. The van der Waals surface area contributed by atoms with E-state index in [2.05, 4.69) is 10.1 Å². The maximum atomic E-state index is 10.6. The van der Waals surface area contributed by atoms with E-state index in [1.165, 1.54) is 7.11 Å². The first-order chi connectivity index (χ1) is 5.33. The minimum atomic E-state index is -0.620. The van der Waals surface area contributed by atoms with Gasteiger partial charge in [-0.15, -0.1) is 0 Å². The number of thioether (sulfide) groups is 1. The van der Waals surface area contributed by atoms with Gasteiger partial charge in [0.2, 0.25) is 0 Å². The minimum absolute atomic E-state index is 0.179. The van der Waals surface area contributed by atoms with E-state index in [9.17, 15) is 4.79 Å². The van der Waals surface area contributed by atoms with Crippen molar-refractivity contribution in [2.45, 2.75) is 6.23 Å². The van der Waals surface area contributed by atoms with Gasteiger partial charge >= 0.3 is 6.16 Å². The van der Waals surface area contributed by atoms with E-state index in [1.54, 1.807) is 11.8 Å². The Morgan fingerprint density at radius 3 is 3.09 bits per heavy atom. The number of carbonyl (C=O) groups excluding carboxylic acids is 1. The van der Waals surface area contributed by atoms with Crippen LogP contribution in [0.2, 0.25) is 0 Å². The van der Waals surface area contributed by atoms with Crippen molar-refractivity contribution in [2.24, 2.45) is 0 Å². The molecule has 64 valence electrons. The first-order valence-electron chi connectivity index (χ1n) is 3.38. The number of rotatable bonds is 1. The zero-order valence-corrected chi connectivity index (χ0v) is 7.15. The van der Waals surface area contributed by atoms with Crippen molar-refractivity contribution in [3.05, 3.63) is 0 Å². The van der Waals surface area contributed by atoms with Crippen molar-refractivity contribution >= 4 is 17.9 Å². The molecular formula is C6H11NO3S. The van der Waals surface area contributed by atoms with Crippen molar-refractivity contribution in [2.75, 3.05) is 25.2 Å². The summed E-state index contributed by atoms with van der Waals surface area (Å²) in [5.74, 6) is 1.87. The Kier molecular flexibility index (Phi) is 3.51. The molecule has 4 nitrogen and oxygen atoms in total. The summed E-state index contributed by atoms with van der Waals surface area (Å²) in [7, 11) is 1.30. The van der Waals surface area contributed by atoms with Crippen LogP contribution in [0.25, 0.3) is 0 Å². The normalized spacial score (nSPS) is 24.3. The van der Waals surface area contributed by atoms with Crippen molar-refractivity contribution in [3.63, 3.8) is 0 Å². The molecule has 1 saturated heterocycles. The fraction of sp³-hybridized carbons (Fsp3) is 0.833. The van der Waals surface area contributed by atoms with E-state index in [4.69, 9.17) is 4.74 Å². The van der Waals surface area contributed by atoms with Gasteiger partial charge in [0.1, 0.15) is 0 Å². The number of carbonyl (C=O) groups is 1. The molecule has 1 unspecified atom stereocenters. The van der Waals surface area contributed by atoms with Crippen LogP contribution in [0.15, 0.2) is 0 Å². The highest BCUT2D eigenvalue weighted by atomic mass is 32.2. The Hall–Kier alpha value is -0.420. The molecule has 5 heteroatoms. The van der Waals surface area contributed by atoms with Crippen molar-refractivity contribution in [1.29, 1.82) is 0 Å². The number of hydrogen-bond acceptors (Lipinski definition) is 5. The molecule has 11 heavy (non-hydrogen) atoms. The Balaban J connectivity index is 2.19. The van der Waals surface area contributed by atoms with E-state index in [0.717, 1.165) is 18.1 Å². The van der Waals surface area contributed by atoms with Gasteiger partial charge in [-0.2, -0.15) is 11.8 Å². The lowest BCUT2D eigenvalue weighted by molar-refractivity contribution is 0.0329. The lowest BCUT2D eigenvalue weighted by Crippen LogP contribution is -2.40. The maximum absolute atomic E-state index is 10.6. The standard InChI is InChI=1S/C6H11NO3S/c1-9-6(8)10-5-4-11-3-2-7-5/h5,7H,2-4H2,1H3. The number of nitrogens with one attached hydrogen (secondary N) is 1. The van der Waals surface area contributed by atoms with E-state index in [-0.39, 0.29) is 6.23 Å². The van der Waals surface area contributed by atoms with Gasteiger partial charge in [0, 0.05) is 18.1 Å². The van der Waals surface area contributed by atoms with Crippen LogP contribution in [0.5, 0.6) is 0 Å². The summed E-state index contributed by atoms with van der Waals surface area (Å²) >= 11 is 1.76. The van der Waals surface area contributed by atoms with Crippen LogP contribution in [0.1, 0.15) is 0 Å². The third-order valence-electron chi connectivity index (χ3n) is 1.29. The molecule has 1 N–H and O–H groups in total. The Morgan fingerprint density at radius 2 is 2.55 bits per heavy atom. The van der Waals surface area contributed by atoms with E-state index in [1.807, 2.05) is 0 Å². The second-order valence-electron chi connectivity index (χ2n) is 2.09. The molecule has 0 aromatic heterocycles. The molecule has 1 rings (SSSR count). The molecule has 1 fully saturated rings. The van der Waals surface area contributed by atoms with Crippen LogP contribution >= 0.6 is 11.8 Å². The fourth-order valence-corrected chi connectivity index (χ4v) is 1.61. The predicted octanol–water partition coefficient (Wildman–Crippen LogP) is 0.432. The molecular weight excluding hydrogens is 166 g/mol. The first kappa shape index (κ1) is 8.67. The van der Waals surface area contributed by atoms with Gasteiger partial charge in [-0.25, -0.2) is 4.79 Å². The number of methoxy groups -OCH3 is 1. The van der Waals surface area contributed by atoms with E-state index < -0.39 is 6.16 Å². The van der Waals surface area contributed by atoms with Gasteiger partial charge in [0.15, 0.2) is 6.23 Å². The molecule has 0 aliphatic carbocycles. The van der Waals surface area contributed by atoms with Gasteiger partial charge in [-0.3, -0.25) is 5.32 Å². The number of hydrogen-bond donors (Lipinski definition) is 1. The van der Waals surface area contributed by atoms with Gasteiger partial charge in [0.05, 0.1) is 7.11 Å². The van der Waals surface area contributed by atoms with Crippen LogP contribution in [0.3, 0.4) is 0 Å². The molecule has 1 atom stereocenters. The molecule has 0 saturated carbocycles. The van der Waals surface area contributed by atoms with Crippen LogP contribution in [-0.4, -0.2) is 37.5 Å². The van der Waals surface area contributed by atoms with Crippen molar-refractivity contribution in [1.82, 2.24) is 5.32 Å². The fourth-order valence-electron chi connectivity index (χ4n) is 0.781. The summed E-state index contributed by atoms with van der Waals surface area (Å²) in [6.45, 7) is 0.881. The van der Waals surface area contributed by atoms with Crippen molar-refractivity contribution in [3.8, 4) is 0 Å². The molecule has 1 aliphatic heterocycles. The van der Waals surface area contributed by atoms with Crippen LogP contribution in [0.4, 0.5) is 4.79 Å². The van der Waals surface area contributed by atoms with Crippen LogP contribution in [0, 0.1) is 0 Å². The highest BCUT2D eigenvalue weighted by Crippen LogP contribution is 2.08. The average Bonchev–Trinajstić information content (AvgIpc) is 2.06. The highest BCUT2D eigenvalue weighted by Gasteiger charge is 2.16. The van der Waals surface area contributed by atoms with Crippen molar-refractivity contribution < 1.29 is 14.3 Å². The molecule has 1 heterocycles. The molecule has 0 radical (unpaired) electrons. The largest absolute Gasteiger partial charge is 0.509 e. The second kappa shape index (κ2) is 4.46. The number of ether oxygens (including phenoxy) is 2. The lowest BCUT2D eigenvalue weighted by Gasteiger charge is -2.21. The predicted molar refractivity (Wildman–Crippen MR) is 42.6 cm³/mol. The summed E-state index contributed by atoms with van der Waals surface area (Å²) < 4.78 is 9.19. The van der Waals surface area contributed by atoms with Crippen LogP contribution < -0.4 is 5.32 Å². The highest BCUT2D eigenvalue weighted by molar-refractivity contribution is 7.99. The molecule has 0 amide bonds. The molecule has 0 aromatic rings. The van der Waals surface area contributed by atoms with Gasteiger partial charge in [0.25, 0.3) is 0 Å². The maximum Gasteiger partial charge on any atom is 0.509 e. The molecule has 1 aliphatic rings. The summed E-state index contributed by atoms with van der Waals surface area (Å²) in [6, 6.07) is 0. The second-order valence-corrected chi connectivity index (χ2v) is 3.24. The Bertz CT molecular complexity index is 136. The monoisotopic (exact) mass is 177 g/mol. The summed E-state index contributed by atoms with van der Waals surface area (Å²) in [5, 5.41) is 3.04. The Labute approximate surface area is 69.6 Å². The molecule has 0 bridgehead atoms. The van der Waals surface area contributed by atoms with Gasteiger partial charge < -0.3 is 9.47 Å². The summed E-state index contributed by atoms with van der Waals surface area (Å²) in [5.41, 5.74) is 0. The first-order valence-corrected chi connectivity index (χ1v) is 4.54. The lowest BCUT2D eigenvalue weighted by atomic mass is 10.6. The quantitative estimate of drug-likeness (QED) is 0.589. The van der Waals surface area contributed by atoms with Gasteiger partial charge in [-0.05, 0) is 0 Å². The minimum Gasteiger partial charge on any atom is -0.438 e. The molecule has 0 spiro atoms. The SMILES string of the molecule is COC(=O)OC1CSCCN1. The Morgan fingerprint density at radius 1 is 1.73 bits per heavy atom. The van der Waals surface area contributed by atoms with Crippen LogP contribution in [-0.2, 0) is 9.47 Å². The third kappa shape index (κ3) is 2.98. The zero-order valence-electron chi connectivity index (χ0n) is 6.33. The summed E-state index contributed by atoms with van der Waals surface area (Å²) in [6.07, 6.45) is -0.800. The van der Waals surface area contributed by atoms with Gasteiger partial charge in [-0.1, -0.05) is 0 Å². The third-order valence-corrected chi connectivity index (χ3v) is 2.32. The smallest absolute Gasteiger partial charge is 0.438 e. The van der Waals surface area contributed by atoms with E-state index in [0.29, 0.717) is 0 Å². The average molecular weight is 177 g/mol. The van der Waals surface area contributed by atoms with E-state index >= 15 is 0 Å². The summed E-state index contributed by atoms with van der Waals surface area (Å²) in [4.78, 5) is 10.6. The topological polar surface area (TPSA) is 47.6 Å².